The van der Waals surface area contributed by atoms with Crippen LogP contribution < -0.4 is 6.15 Å². The van der Waals surface area contributed by atoms with E-state index in [1.165, 1.54) is 0 Å². The van der Waals surface area contributed by atoms with Crippen molar-refractivity contribution in [1.82, 2.24) is 11.1 Å². The van der Waals surface area contributed by atoms with E-state index in [2.05, 4.69) is 0 Å². The first kappa shape index (κ1) is 17.7. The molecule has 0 aliphatic carbocycles. The average Bonchev–Trinajstić information content (AvgIpc) is 1.90. The lowest BCUT2D eigenvalue weighted by Crippen LogP contribution is -2.32. The predicted octanol–water partition coefficient (Wildman–Crippen LogP) is -1.42. The first-order chi connectivity index (χ1) is 4.85. The molecule has 0 saturated heterocycles. The van der Waals surface area contributed by atoms with Gasteiger partial charge in [-0.25, -0.2) is 0 Å². The number of rotatable bonds is 6. The molecule has 0 saturated carbocycles. The van der Waals surface area contributed by atoms with E-state index >= 15 is 0 Å². The maximum atomic E-state index is 8.48. The van der Waals surface area contributed by atoms with Gasteiger partial charge in [-0.05, 0) is 0 Å². The van der Waals surface area contributed by atoms with Crippen molar-refractivity contribution in [3.8, 4) is 0 Å². The van der Waals surface area contributed by atoms with Crippen molar-refractivity contribution in [2.45, 2.75) is 0 Å². The minimum absolute atomic E-state index is 0. The van der Waals surface area contributed by atoms with E-state index in [4.69, 9.17) is 15.3 Å². The first-order valence-corrected chi connectivity index (χ1v) is 3.40. The van der Waals surface area contributed by atoms with Crippen LogP contribution in [0.1, 0.15) is 0 Å². The maximum Gasteiger partial charge on any atom is 0.0558 e. The molecule has 0 aromatic heterocycles. The number of halogens is 1. The number of aliphatic hydroxyl groups excluding tert-OH is 3. The fraction of sp³-hybridized carbons (Fsp3) is 1.00. The van der Waals surface area contributed by atoms with Crippen molar-refractivity contribution in [2.24, 2.45) is 0 Å². The summed E-state index contributed by atoms with van der Waals surface area (Å²) in [7, 11) is 0. The van der Waals surface area contributed by atoms with Crippen molar-refractivity contribution in [2.75, 3.05) is 39.5 Å². The predicted molar refractivity (Wildman–Crippen MR) is 45.2 cm³/mol. The molecule has 0 rings (SSSR count). The highest BCUT2D eigenvalue weighted by Gasteiger charge is 2.00. The number of hydrogen-bond acceptors (Lipinski definition) is 5. The van der Waals surface area contributed by atoms with Crippen LogP contribution in [0.3, 0.4) is 0 Å². The van der Waals surface area contributed by atoms with E-state index in [-0.39, 0.29) is 30.7 Å². The molecule has 0 fully saturated rings. The molecule has 5 nitrogen and oxygen atoms in total. The van der Waals surface area contributed by atoms with Gasteiger partial charge in [-0.1, -0.05) is 0 Å². The minimum atomic E-state index is 0. The Morgan fingerprint density at radius 3 is 1.17 bits per heavy atom. The third kappa shape index (κ3) is 9.73. The summed E-state index contributed by atoms with van der Waals surface area (Å²) < 4.78 is 0. The van der Waals surface area contributed by atoms with Crippen molar-refractivity contribution >= 4 is 0 Å². The zero-order valence-corrected chi connectivity index (χ0v) is 7.15. The van der Waals surface area contributed by atoms with Crippen molar-refractivity contribution in [1.29, 1.82) is 0 Å². The molecular formula is C6H19FN2O3. The SMILES string of the molecule is F.N.OCCN(CCO)CCO. The molecule has 6 heteroatoms. The third-order valence-electron chi connectivity index (χ3n) is 1.25. The Morgan fingerprint density at radius 1 is 0.750 bits per heavy atom. The molecule has 0 atom stereocenters. The van der Waals surface area contributed by atoms with E-state index in [1.54, 1.807) is 4.90 Å². The monoisotopic (exact) mass is 186 g/mol. The molecule has 6 N–H and O–H groups in total. The molecule has 0 aliphatic rings. The summed E-state index contributed by atoms with van der Waals surface area (Å²) in [5.41, 5.74) is 0. The Morgan fingerprint density at radius 2 is 1.00 bits per heavy atom. The molecule has 0 aliphatic heterocycles. The van der Waals surface area contributed by atoms with Gasteiger partial charge in [0.2, 0.25) is 0 Å². The minimum Gasteiger partial charge on any atom is -0.395 e. The molecular weight excluding hydrogens is 167 g/mol. The van der Waals surface area contributed by atoms with Gasteiger partial charge >= 0.3 is 0 Å². The summed E-state index contributed by atoms with van der Waals surface area (Å²) in [6.45, 7) is 1.75. The first-order valence-electron chi connectivity index (χ1n) is 3.40. The summed E-state index contributed by atoms with van der Waals surface area (Å²) in [5, 5.41) is 25.5. The lowest BCUT2D eigenvalue weighted by Gasteiger charge is -2.17. The molecule has 0 unspecified atom stereocenters. The van der Waals surface area contributed by atoms with Crippen molar-refractivity contribution < 1.29 is 20.0 Å². The van der Waals surface area contributed by atoms with E-state index < -0.39 is 0 Å². The zero-order valence-electron chi connectivity index (χ0n) is 7.15. The summed E-state index contributed by atoms with van der Waals surface area (Å²) in [6, 6.07) is 0. The van der Waals surface area contributed by atoms with Crippen LogP contribution in [0, 0.1) is 0 Å². The smallest absolute Gasteiger partial charge is 0.0558 e. The maximum absolute atomic E-state index is 8.48. The van der Waals surface area contributed by atoms with Crippen LogP contribution in [0.15, 0.2) is 0 Å². The fourth-order valence-electron chi connectivity index (χ4n) is 0.760. The van der Waals surface area contributed by atoms with Gasteiger partial charge in [0.25, 0.3) is 0 Å². The molecule has 0 aromatic carbocycles. The van der Waals surface area contributed by atoms with Crippen LogP contribution in [0.2, 0.25) is 0 Å². The molecule has 0 bridgehead atoms. The van der Waals surface area contributed by atoms with E-state index in [9.17, 15) is 0 Å². The van der Waals surface area contributed by atoms with Crippen LogP contribution in [-0.4, -0.2) is 59.7 Å². The van der Waals surface area contributed by atoms with Crippen LogP contribution in [0.25, 0.3) is 0 Å². The van der Waals surface area contributed by atoms with Gasteiger partial charge in [-0.3, -0.25) is 9.60 Å². The Balaban J connectivity index is -0.000000405. The second-order valence-electron chi connectivity index (χ2n) is 2.01. The van der Waals surface area contributed by atoms with Gasteiger partial charge in [-0.15, -0.1) is 0 Å². The number of nitrogens with zero attached hydrogens (tertiary/aromatic N) is 1. The second kappa shape index (κ2) is 13.3. The number of aliphatic hydroxyl groups is 3. The van der Waals surface area contributed by atoms with Gasteiger partial charge in [0.15, 0.2) is 0 Å². The van der Waals surface area contributed by atoms with Crippen LogP contribution in [-0.2, 0) is 0 Å². The number of hydrogen-bond donors (Lipinski definition) is 4. The molecule has 0 aromatic rings. The van der Waals surface area contributed by atoms with Gasteiger partial charge < -0.3 is 21.5 Å². The van der Waals surface area contributed by atoms with Crippen LogP contribution in [0.4, 0.5) is 4.70 Å². The largest absolute Gasteiger partial charge is 0.395 e. The summed E-state index contributed by atoms with van der Waals surface area (Å²) in [5.74, 6) is 0. The molecule has 12 heavy (non-hydrogen) atoms. The van der Waals surface area contributed by atoms with Crippen molar-refractivity contribution in [3.05, 3.63) is 0 Å². The Kier molecular flexibility index (Phi) is 19.7. The lowest BCUT2D eigenvalue weighted by molar-refractivity contribution is 0.136. The highest BCUT2D eigenvalue weighted by molar-refractivity contribution is 4.54. The topological polar surface area (TPSA) is 98.9 Å². The van der Waals surface area contributed by atoms with Gasteiger partial charge in [0, 0.05) is 19.6 Å². The lowest BCUT2D eigenvalue weighted by atomic mass is 10.4. The zero-order chi connectivity index (χ0) is 7.82. The van der Waals surface area contributed by atoms with Gasteiger partial charge in [0.1, 0.15) is 0 Å². The van der Waals surface area contributed by atoms with E-state index in [0.29, 0.717) is 19.6 Å². The molecule has 0 spiro atoms. The quantitative estimate of drug-likeness (QED) is 0.408. The highest BCUT2D eigenvalue weighted by atomic mass is 19.0. The Hall–Kier alpha value is -0.270. The molecule has 0 heterocycles. The molecule has 0 radical (unpaired) electrons. The molecule has 78 valence electrons. The highest BCUT2D eigenvalue weighted by Crippen LogP contribution is 1.84. The van der Waals surface area contributed by atoms with Crippen LogP contribution in [0.5, 0.6) is 0 Å². The van der Waals surface area contributed by atoms with Gasteiger partial charge in [-0.2, -0.15) is 0 Å². The summed E-state index contributed by atoms with van der Waals surface area (Å²) in [6.07, 6.45) is 0. The standard InChI is InChI=1S/C6H15NO3.FH.H3N/c8-4-1-7(2-5-9)3-6-10;;/h8-10H,1-6H2;1H;1H3. The van der Waals surface area contributed by atoms with E-state index in [0.717, 1.165) is 0 Å². The summed E-state index contributed by atoms with van der Waals surface area (Å²) in [4.78, 5) is 1.79. The Bertz CT molecular complexity index is 63.5. The van der Waals surface area contributed by atoms with Gasteiger partial charge in [0.05, 0.1) is 19.8 Å². The fourth-order valence-corrected chi connectivity index (χ4v) is 0.760. The average molecular weight is 186 g/mol. The summed E-state index contributed by atoms with van der Waals surface area (Å²) >= 11 is 0. The second-order valence-corrected chi connectivity index (χ2v) is 2.01. The van der Waals surface area contributed by atoms with Crippen molar-refractivity contribution in [3.63, 3.8) is 0 Å². The third-order valence-corrected chi connectivity index (χ3v) is 1.25. The van der Waals surface area contributed by atoms with E-state index in [1.807, 2.05) is 0 Å². The molecule has 0 amide bonds. The Labute approximate surface area is 71.6 Å². The normalized spacial score (nSPS) is 9.00. The van der Waals surface area contributed by atoms with Crippen LogP contribution >= 0.6 is 0 Å².